The van der Waals surface area contributed by atoms with Gasteiger partial charge in [0.1, 0.15) is 5.75 Å². The van der Waals surface area contributed by atoms with Gasteiger partial charge in [-0.3, -0.25) is 4.79 Å². The number of anilines is 1. The number of carbonyl (C=O) groups excluding carboxylic acids is 1. The number of thiophene rings is 1. The van der Waals surface area contributed by atoms with Gasteiger partial charge in [-0.15, -0.1) is 11.3 Å². The molecule has 0 saturated carbocycles. The minimum Gasteiger partial charge on any atom is -0.497 e. The minimum atomic E-state index is -0.0212. The van der Waals surface area contributed by atoms with E-state index in [1.165, 1.54) is 11.3 Å². The van der Waals surface area contributed by atoms with E-state index in [2.05, 4.69) is 15.9 Å². The molecule has 19 heavy (non-hydrogen) atoms. The number of hydrogen-bond donors (Lipinski definition) is 0. The maximum absolute atomic E-state index is 12.4. The summed E-state index contributed by atoms with van der Waals surface area (Å²) in [7, 11) is 3.38. The average Bonchev–Trinajstić information content (AvgIpc) is 2.77. The largest absolute Gasteiger partial charge is 0.497 e. The molecule has 0 saturated heterocycles. The molecule has 0 spiro atoms. The Bertz CT molecular complexity index is 590. The van der Waals surface area contributed by atoms with Gasteiger partial charge >= 0.3 is 0 Å². The Kier molecular flexibility index (Phi) is 4.27. The third-order valence-corrected chi connectivity index (χ3v) is 4.94. The monoisotopic (exact) mass is 339 g/mol. The maximum Gasteiger partial charge on any atom is 0.268 e. The number of halogens is 1. The van der Waals surface area contributed by atoms with E-state index in [1.807, 2.05) is 37.3 Å². The molecule has 0 radical (unpaired) electrons. The Hall–Kier alpha value is -1.33. The van der Waals surface area contributed by atoms with Gasteiger partial charge in [0.2, 0.25) is 0 Å². The summed E-state index contributed by atoms with van der Waals surface area (Å²) < 4.78 is 6.17. The van der Waals surface area contributed by atoms with Gasteiger partial charge in [-0.2, -0.15) is 0 Å². The van der Waals surface area contributed by atoms with E-state index < -0.39 is 0 Å². The van der Waals surface area contributed by atoms with Gasteiger partial charge in [0, 0.05) is 18.8 Å². The molecule has 1 aromatic heterocycles. The summed E-state index contributed by atoms with van der Waals surface area (Å²) >= 11 is 4.89. The van der Waals surface area contributed by atoms with Crippen LogP contribution in [0.25, 0.3) is 0 Å². The van der Waals surface area contributed by atoms with Gasteiger partial charge in [0.15, 0.2) is 0 Å². The van der Waals surface area contributed by atoms with Crippen molar-refractivity contribution in [1.29, 1.82) is 0 Å². The van der Waals surface area contributed by atoms with Crippen molar-refractivity contribution in [2.75, 3.05) is 19.1 Å². The summed E-state index contributed by atoms with van der Waals surface area (Å²) in [6, 6.07) is 9.35. The Labute approximate surface area is 124 Å². The number of carbonyl (C=O) groups is 1. The number of nitrogens with zero attached hydrogens (tertiary/aromatic N) is 1. The van der Waals surface area contributed by atoms with Crippen LogP contribution < -0.4 is 9.64 Å². The van der Waals surface area contributed by atoms with Crippen LogP contribution in [0.4, 0.5) is 5.69 Å². The molecule has 0 aliphatic heterocycles. The first-order chi connectivity index (χ1) is 9.02. The molecule has 3 nitrogen and oxygen atoms in total. The van der Waals surface area contributed by atoms with Crippen LogP contribution in [0.3, 0.4) is 0 Å². The molecule has 0 aliphatic carbocycles. The first kappa shape index (κ1) is 14.1. The maximum atomic E-state index is 12.4. The summed E-state index contributed by atoms with van der Waals surface area (Å²) in [5.41, 5.74) is 1.89. The number of benzene rings is 1. The zero-order chi connectivity index (χ0) is 14.0. The minimum absolute atomic E-state index is 0.0212. The Morgan fingerprint density at radius 3 is 2.68 bits per heavy atom. The van der Waals surface area contributed by atoms with Gasteiger partial charge in [0.05, 0.1) is 15.8 Å². The lowest BCUT2D eigenvalue weighted by Crippen LogP contribution is -2.25. The van der Waals surface area contributed by atoms with E-state index in [-0.39, 0.29) is 5.91 Å². The van der Waals surface area contributed by atoms with Gasteiger partial charge in [-0.25, -0.2) is 0 Å². The number of ether oxygens (including phenoxy) is 1. The van der Waals surface area contributed by atoms with Crippen molar-refractivity contribution >= 4 is 38.9 Å². The Morgan fingerprint density at radius 2 is 2.11 bits per heavy atom. The standard InChI is InChI=1S/C14H14BrNO2S/c1-9-7-12(19-13(9)15)14(17)16(2)10-5-4-6-11(8-10)18-3/h4-8H,1-3H3. The fourth-order valence-electron chi connectivity index (χ4n) is 1.67. The van der Waals surface area contributed by atoms with Gasteiger partial charge in [-0.1, -0.05) is 6.07 Å². The number of rotatable bonds is 3. The first-order valence-corrected chi connectivity index (χ1v) is 7.32. The van der Waals surface area contributed by atoms with Crippen LogP contribution in [0.2, 0.25) is 0 Å². The molecule has 100 valence electrons. The van der Waals surface area contributed by atoms with Crippen molar-refractivity contribution < 1.29 is 9.53 Å². The third-order valence-electron chi connectivity index (χ3n) is 2.81. The highest BCUT2D eigenvalue weighted by atomic mass is 79.9. The lowest BCUT2D eigenvalue weighted by molar-refractivity contribution is 0.0997. The Balaban J connectivity index is 2.27. The molecular weight excluding hydrogens is 326 g/mol. The van der Waals surface area contributed by atoms with Crippen LogP contribution in [0.15, 0.2) is 34.1 Å². The van der Waals surface area contributed by atoms with Crippen LogP contribution in [0, 0.1) is 6.92 Å². The number of methoxy groups -OCH3 is 1. The van der Waals surface area contributed by atoms with Crippen molar-refractivity contribution in [1.82, 2.24) is 0 Å². The summed E-state index contributed by atoms with van der Waals surface area (Å²) in [6.07, 6.45) is 0. The third kappa shape index (κ3) is 2.98. The number of hydrogen-bond acceptors (Lipinski definition) is 3. The summed E-state index contributed by atoms with van der Waals surface area (Å²) in [6.45, 7) is 1.98. The van der Waals surface area contributed by atoms with Crippen molar-refractivity contribution in [2.45, 2.75) is 6.92 Å². The van der Waals surface area contributed by atoms with Gasteiger partial charge in [0.25, 0.3) is 5.91 Å². The van der Waals surface area contributed by atoms with Crippen molar-refractivity contribution in [2.24, 2.45) is 0 Å². The second kappa shape index (κ2) is 5.75. The van der Waals surface area contributed by atoms with E-state index >= 15 is 0 Å². The fourth-order valence-corrected chi connectivity index (χ4v) is 3.18. The number of aryl methyl sites for hydroxylation is 1. The molecule has 2 rings (SSSR count). The highest BCUT2D eigenvalue weighted by molar-refractivity contribution is 9.11. The lowest BCUT2D eigenvalue weighted by Gasteiger charge is -2.17. The molecule has 0 N–H and O–H groups in total. The summed E-state index contributed by atoms with van der Waals surface area (Å²) in [5, 5.41) is 0. The second-order valence-electron chi connectivity index (χ2n) is 4.13. The quantitative estimate of drug-likeness (QED) is 0.842. The van der Waals surface area contributed by atoms with Gasteiger partial charge < -0.3 is 9.64 Å². The Morgan fingerprint density at radius 1 is 1.37 bits per heavy atom. The molecule has 5 heteroatoms. The number of amides is 1. The van der Waals surface area contributed by atoms with Crippen LogP contribution in [-0.2, 0) is 0 Å². The van der Waals surface area contributed by atoms with E-state index in [1.54, 1.807) is 19.1 Å². The molecule has 0 fully saturated rings. The summed E-state index contributed by atoms with van der Waals surface area (Å²) in [5.74, 6) is 0.716. The normalized spacial score (nSPS) is 10.3. The zero-order valence-electron chi connectivity index (χ0n) is 10.9. The molecular formula is C14H14BrNO2S. The SMILES string of the molecule is COc1cccc(N(C)C(=O)c2cc(C)c(Br)s2)c1. The highest BCUT2D eigenvalue weighted by Crippen LogP contribution is 2.29. The molecule has 0 bridgehead atoms. The van der Waals surface area contributed by atoms with Crippen LogP contribution in [-0.4, -0.2) is 20.1 Å². The predicted molar refractivity (Wildman–Crippen MR) is 82.5 cm³/mol. The van der Waals surface area contributed by atoms with E-state index in [9.17, 15) is 4.79 Å². The first-order valence-electron chi connectivity index (χ1n) is 5.71. The topological polar surface area (TPSA) is 29.5 Å². The van der Waals surface area contributed by atoms with Crippen molar-refractivity contribution in [3.05, 3.63) is 44.6 Å². The zero-order valence-corrected chi connectivity index (χ0v) is 13.3. The molecule has 1 aromatic carbocycles. The molecule has 0 aliphatic rings. The van der Waals surface area contributed by atoms with Crippen LogP contribution in [0.5, 0.6) is 5.75 Å². The van der Waals surface area contributed by atoms with E-state index in [4.69, 9.17) is 4.74 Å². The van der Waals surface area contributed by atoms with E-state index in [0.29, 0.717) is 0 Å². The van der Waals surface area contributed by atoms with Crippen molar-refractivity contribution in [3.63, 3.8) is 0 Å². The fraction of sp³-hybridized carbons (Fsp3) is 0.214. The lowest BCUT2D eigenvalue weighted by atomic mass is 10.2. The van der Waals surface area contributed by atoms with E-state index in [0.717, 1.165) is 25.7 Å². The van der Waals surface area contributed by atoms with Gasteiger partial charge in [-0.05, 0) is 46.6 Å². The molecule has 1 amide bonds. The van der Waals surface area contributed by atoms with Crippen LogP contribution >= 0.6 is 27.3 Å². The molecule has 0 atom stereocenters. The summed E-state index contributed by atoms with van der Waals surface area (Å²) in [4.78, 5) is 14.7. The average molecular weight is 340 g/mol. The molecule has 1 heterocycles. The second-order valence-corrected chi connectivity index (χ2v) is 6.50. The smallest absolute Gasteiger partial charge is 0.268 e. The predicted octanol–water partition coefficient (Wildman–Crippen LogP) is 4.10. The molecule has 0 unspecified atom stereocenters. The van der Waals surface area contributed by atoms with Crippen LogP contribution in [0.1, 0.15) is 15.2 Å². The highest BCUT2D eigenvalue weighted by Gasteiger charge is 2.17. The molecule has 2 aromatic rings. The van der Waals surface area contributed by atoms with Crippen molar-refractivity contribution in [3.8, 4) is 5.75 Å².